The van der Waals surface area contributed by atoms with Gasteiger partial charge in [-0.25, -0.2) is 14.4 Å². The van der Waals surface area contributed by atoms with Gasteiger partial charge in [0, 0.05) is 12.4 Å². The van der Waals surface area contributed by atoms with E-state index in [9.17, 15) is 4.39 Å². The van der Waals surface area contributed by atoms with Crippen molar-refractivity contribution < 1.29 is 9.13 Å². The van der Waals surface area contributed by atoms with E-state index in [0.717, 1.165) is 44.4 Å². The lowest BCUT2D eigenvalue weighted by Crippen LogP contribution is -2.22. The van der Waals surface area contributed by atoms with Gasteiger partial charge in [0.15, 0.2) is 11.6 Å². The van der Waals surface area contributed by atoms with Gasteiger partial charge >= 0.3 is 0 Å². The zero-order valence-electron chi connectivity index (χ0n) is 17.2. The van der Waals surface area contributed by atoms with Gasteiger partial charge in [-0.2, -0.15) is 0 Å². The van der Waals surface area contributed by atoms with E-state index < -0.39 is 5.82 Å². The van der Waals surface area contributed by atoms with Crippen LogP contribution in [-0.4, -0.2) is 31.2 Å². The average molecular weight is 414 g/mol. The first-order valence-corrected chi connectivity index (χ1v) is 9.65. The summed E-state index contributed by atoms with van der Waals surface area (Å²) in [5, 5.41) is 9.55. The van der Waals surface area contributed by atoms with Crippen molar-refractivity contribution >= 4 is 21.9 Å². The number of halogens is 1. The van der Waals surface area contributed by atoms with Gasteiger partial charge in [-0.1, -0.05) is 12.1 Å². The molecule has 0 aliphatic rings. The molecule has 0 saturated heterocycles. The molecule has 0 aliphatic heterocycles. The number of hydrogen-bond acceptors (Lipinski definition) is 5. The minimum absolute atomic E-state index is 0.202. The summed E-state index contributed by atoms with van der Waals surface area (Å²) in [6, 6.07) is 10.7. The molecule has 0 fully saturated rings. The third kappa shape index (κ3) is 2.87. The molecule has 0 unspecified atom stereocenters. The Morgan fingerprint density at radius 1 is 1.03 bits per heavy atom. The number of pyridine rings is 1. The standard InChI is InChI=1S/C23H19FN6O/c1-13-19(10-26-12-28-13)30-22-16-8-14(15-5-7-21(31-3)17(24)9-15)4-6-18(16)27-11-20(22)29(2)23(30)25/h4-12,25H,1-3H3. The number of nitrogens with one attached hydrogen (secondary N) is 1. The molecule has 0 bridgehead atoms. The minimum atomic E-state index is -0.420. The number of ether oxygens (including phenoxy) is 1. The van der Waals surface area contributed by atoms with Crippen molar-refractivity contribution in [3.8, 4) is 22.6 Å². The fraction of sp³-hybridized carbons (Fsp3) is 0.130. The Bertz CT molecular complexity index is 1540. The van der Waals surface area contributed by atoms with Crippen molar-refractivity contribution in [3.05, 3.63) is 72.2 Å². The second-order valence-electron chi connectivity index (χ2n) is 7.28. The monoisotopic (exact) mass is 414 g/mol. The summed E-state index contributed by atoms with van der Waals surface area (Å²) in [6.07, 6.45) is 4.96. The third-order valence-corrected chi connectivity index (χ3v) is 5.55. The van der Waals surface area contributed by atoms with E-state index in [1.165, 1.54) is 19.5 Å². The van der Waals surface area contributed by atoms with E-state index in [2.05, 4.69) is 15.0 Å². The van der Waals surface area contributed by atoms with Crippen LogP contribution in [0, 0.1) is 18.2 Å². The maximum absolute atomic E-state index is 14.3. The molecule has 2 aromatic carbocycles. The lowest BCUT2D eigenvalue weighted by molar-refractivity contribution is 0.386. The fourth-order valence-corrected chi connectivity index (χ4v) is 3.88. The molecule has 0 amide bonds. The van der Waals surface area contributed by atoms with Gasteiger partial charge < -0.3 is 9.30 Å². The highest BCUT2D eigenvalue weighted by molar-refractivity contribution is 6.04. The zero-order chi connectivity index (χ0) is 21.7. The summed E-state index contributed by atoms with van der Waals surface area (Å²) in [7, 11) is 3.27. The van der Waals surface area contributed by atoms with E-state index >= 15 is 0 Å². The van der Waals surface area contributed by atoms with Crippen LogP contribution in [0.4, 0.5) is 4.39 Å². The molecule has 0 radical (unpaired) electrons. The number of benzene rings is 2. The molecule has 5 rings (SSSR count). The van der Waals surface area contributed by atoms with E-state index in [1.807, 2.05) is 42.8 Å². The lowest BCUT2D eigenvalue weighted by Gasteiger charge is -2.10. The Labute approximate surface area is 176 Å². The molecule has 3 aromatic heterocycles. The fourth-order valence-electron chi connectivity index (χ4n) is 3.88. The van der Waals surface area contributed by atoms with Crippen molar-refractivity contribution in [2.75, 3.05) is 7.11 Å². The Morgan fingerprint density at radius 2 is 1.81 bits per heavy atom. The Hall–Kier alpha value is -4.07. The number of nitrogens with zero attached hydrogens (tertiary/aromatic N) is 5. The van der Waals surface area contributed by atoms with E-state index in [-0.39, 0.29) is 11.4 Å². The highest BCUT2D eigenvalue weighted by atomic mass is 19.1. The van der Waals surface area contributed by atoms with Crippen molar-refractivity contribution in [2.24, 2.45) is 7.05 Å². The number of hydrogen-bond donors (Lipinski definition) is 1. The second kappa shape index (κ2) is 7.02. The van der Waals surface area contributed by atoms with Crippen LogP contribution in [-0.2, 0) is 7.05 Å². The molecule has 7 nitrogen and oxygen atoms in total. The van der Waals surface area contributed by atoms with Crippen molar-refractivity contribution in [3.63, 3.8) is 0 Å². The Morgan fingerprint density at radius 3 is 2.55 bits per heavy atom. The van der Waals surface area contributed by atoms with Crippen LogP contribution in [0.2, 0.25) is 0 Å². The van der Waals surface area contributed by atoms with Crippen molar-refractivity contribution in [1.82, 2.24) is 24.1 Å². The van der Waals surface area contributed by atoms with Crippen LogP contribution in [0.25, 0.3) is 38.8 Å². The predicted octanol–water partition coefficient (Wildman–Crippen LogP) is 3.91. The number of imidazole rings is 1. The Balaban J connectivity index is 1.85. The molecule has 1 N–H and O–H groups in total. The first-order chi connectivity index (χ1) is 15.0. The van der Waals surface area contributed by atoms with Gasteiger partial charge in [-0.3, -0.25) is 15.0 Å². The highest BCUT2D eigenvalue weighted by Crippen LogP contribution is 2.31. The van der Waals surface area contributed by atoms with Crippen LogP contribution in [0.15, 0.2) is 55.1 Å². The number of aryl methyl sites for hydroxylation is 2. The van der Waals surface area contributed by atoms with Gasteiger partial charge in [0.2, 0.25) is 5.62 Å². The summed E-state index contributed by atoms with van der Waals surface area (Å²) in [4.78, 5) is 13.0. The predicted molar refractivity (Wildman–Crippen MR) is 116 cm³/mol. The minimum Gasteiger partial charge on any atom is -0.494 e. The van der Waals surface area contributed by atoms with Gasteiger partial charge in [0.1, 0.15) is 6.33 Å². The van der Waals surface area contributed by atoms with E-state index in [1.54, 1.807) is 23.0 Å². The SMILES string of the molecule is COc1ccc(-c2ccc3ncc4c(c3c2)n(-c2cncnc2C)c(=N)n4C)cc1F. The molecular formula is C23H19FN6O. The van der Waals surface area contributed by atoms with Gasteiger partial charge in [0.05, 0.1) is 47.4 Å². The molecule has 0 spiro atoms. The van der Waals surface area contributed by atoms with Crippen molar-refractivity contribution in [1.29, 1.82) is 5.41 Å². The maximum Gasteiger partial charge on any atom is 0.207 e. The van der Waals surface area contributed by atoms with Crippen molar-refractivity contribution in [2.45, 2.75) is 6.92 Å². The summed E-state index contributed by atoms with van der Waals surface area (Å²) in [5.74, 6) is -0.218. The first-order valence-electron chi connectivity index (χ1n) is 9.65. The van der Waals surface area contributed by atoms with Gasteiger partial charge in [-0.05, 0) is 42.3 Å². The van der Waals surface area contributed by atoms with Crippen LogP contribution in [0.1, 0.15) is 5.69 Å². The van der Waals surface area contributed by atoms with E-state index in [4.69, 9.17) is 10.1 Å². The second-order valence-corrected chi connectivity index (χ2v) is 7.28. The Kier molecular flexibility index (Phi) is 4.28. The van der Waals surface area contributed by atoms with Crippen LogP contribution < -0.4 is 10.4 Å². The average Bonchev–Trinajstić information content (AvgIpc) is 3.04. The molecule has 0 atom stereocenters. The maximum atomic E-state index is 14.3. The molecule has 5 aromatic rings. The third-order valence-electron chi connectivity index (χ3n) is 5.55. The molecule has 3 heterocycles. The normalized spacial score (nSPS) is 11.4. The van der Waals surface area contributed by atoms with Crippen LogP contribution >= 0.6 is 0 Å². The summed E-state index contributed by atoms with van der Waals surface area (Å²) in [6.45, 7) is 1.89. The number of rotatable bonds is 3. The quantitative estimate of drug-likeness (QED) is 0.485. The highest BCUT2D eigenvalue weighted by Gasteiger charge is 2.17. The molecular weight excluding hydrogens is 395 g/mol. The number of methoxy groups -OCH3 is 1. The summed E-state index contributed by atoms with van der Waals surface area (Å²) in [5.41, 5.74) is 5.74. The molecule has 0 aliphatic carbocycles. The molecule has 31 heavy (non-hydrogen) atoms. The zero-order valence-corrected chi connectivity index (χ0v) is 17.2. The smallest absolute Gasteiger partial charge is 0.207 e. The molecule has 154 valence electrons. The van der Waals surface area contributed by atoms with Gasteiger partial charge in [-0.15, -0.1) is 0 Å². The summed E-state index contributed by atoms with van der Waals surface area (Å²) >= 11 is 0. The number of aromatic nitrogens is 5. The number of fused-ring (bicyclic) bond motifs is 3. The summed E-state index contributed by atoms with van der Waals surface area (Å²) < 4.78 is 22.9. The lowest BCUT2D eigenvalue weighted by atomic mass is 10.0. The largest absolute Gasteiger partial charge is 0.494 e. The topological polar surface area (TPSA) is 81.6 Å². The van der Waals surface area contributed by atoms with E-state index in [0.29, 0.717) is 0 Å². The first kappa shape index (κ1) is 18.9. The molecule has 8 heteroatoms. The van der Waals surface area contributed by atoms with Crippen LogP contribution in [0.5, 0.6) is 5.75 Å². The van der Waals surface area contributed by atoms with Crippen LogP contribution in [0.3, 0.4) is 0 Å². The molecule has 0 saturated carbocycles. The van der Waals surface area contributed by atoms with Gasteiger partial charge in [0.25, 0.3) is 0 Å².